The second-order valence-electron chi connectivity index (χ2n) is 6.50. The Morgan fingerprint density at radius 1 is 1.21 bits per heavy atom. The van der Waals surface area contributed by atoms with E-state index in [0.29, 0.717) is 23.9 Å². The number of hydrogen-bond acceptors (Lipinski definition) is 7. The van der Waals surface area contributed by atoms with E-state index in [4.69, 9.17) is 11.6 Å². The molecule has 0 radical (unpaired) electrons. The van der Waals surface area contributed by atoms with E-state index in [-0.39, 0.29) is 17.5 Å². The fraction of sp³-hybridized carbons (Fsp3) is 0.333. The lowest BCUT2D eigenvalue weighted by Crippen LogP contribution is -2.48. The monoisotopic (exact) mass is 452 g/mol. The van der Waals surface area contributed by atoms with Crippen LogP contribution in [-0.2, 0) is 11.3 Å². The number of piperazine rings is 1. The van der Waals surface area contributed by atoms with Crippen molar-refractivity contribution < 1.29 is 9.18 Å². The molecule has 1 amide bonds. The molecule has 0 unspecified atom stereocenters. The van der Waals surface area contributed by atoms with Crippen LogP contribution in [-0.4, -0.2) is 67.8 Å². The number of carbonyl (C=O) groups excluding carboxylic acids is 1. The summed E-state index contributed by atoms with van der Waals surface area (Å²) >= 11 is 8.83. The molecule has 1 aliphatic heterocycles. The van der Waals surface area contributed by atoms with Crippen molar-refractivity contribution in [2.75, 3.05) is 31.9 Å². The van der Waals surface area contributed by atoms with Gasteiger partial charge < -0.3 is 4.90 Å². The number of thiophene rings is 1. The molecular formula is C18H18ClFN6OS2. The Hall–Kier alpha value is -2.01. The van der Waals surface area contributed by atoms with Crippen LogP contribution in [0.5, 0.6) is 0 Å². The SMILES string of the molecule is O=C(CSc1nnnn1-c1cccc(F)c1)N1CCN(Cc2ccc(Cl)s2)CC1. The number of tetrazole rings is 1. The lowest BCUT2D eigenvalue weighted by atomic mass is 10.3. The van der Waals surface area contributed by atoms with E-state index < -0.39 is 0 Å². The van der Waals surface area contributed by atoms with Gasteiger partial charge in [-0.3, -0.25) is 9.69 Å². The number of carbonyl (C=O) groups is 1. The van der Waals surface area contributed by atoms with Crippen LogP contribution in [0.3, 0.4) is 0 Å². The Labute approximate surface area is 180 Å². The van der Waals surface area contributed by atoms with Crippen LogP contribution >= 0.6 is 34.7 Å². The maximum absolute atomic E-state index is 13.5. The summed E-state index contributed by atoms with van der Waals surface area (Å²) in [7, 11) is 0. The third kappa shape index (κ3) is 5.13. The molecule has 3 aromatic rings. The maximum Gasteiger partial charge on any atom is 0.233 e. The zero-order valence-electron chi connectivity index (χ0n) is 15.4. The number of amides is 1. The van der Waals surface area contributed by atoms with Crippen molar-refractivity contribution in [3.8, 4) is 5.69 Å². The Morgan fingerprint density at radius 2 is 2.03 bits per heavy atom. The minimum atomic E-state index is -0.368. The molecule has 0 atom stereocenters. The van der Waals surface area contributed by atoms with Gasteiger partial charge in [-0.25, -0.2) is 4.39 Å². The molecule has 3 heterocycles. The van der Waals surface area contributed by atoms with Gasteiger partial charge >= 0.3 is 0 Å². The maximum atomic E-state index is 13.5. The molecule has 0 aliphatic carbocycles. The van der Waals surface area contributed by atoms with E-state index in [1.165, 1.54) is 33.5 Å². The number of hydrogen-bond donors (Lipinski definition) is 0. The smallest absolute Gasteiger partial charge is 0.233 e. The summed E-state index contributed by atoms with van der Waals surface area (Å²) in [6, 6.07) is 9.97. The first-order chi connectivity index (χ1) is 14.1. The van der Waals surface area contributed by atoms with Crippen LogP contribution in [0.25, 0.3) is 5.69 Å². The van der Waals surface area contributed by atoms with Crippen molar-refractivity contribution in [1.29, 1.82) is 0 Å². The van der Waals surface area contributed by atoms with Gasteiger partial charge in [-0.1, -0.05) is 29.4 Å². The molecule has 152 valence electrons. The summed E-state index contributed by atoms with van der Waals surface area (Å²) in [6.45, 7) is 3.89. The Balaban J connectivity index is 1.28. The van der Waals surface area contributed by atoms with E-state index in [2.05, 4.69) is 20.4 Å². The molecule has 0 bridgehead atoms. The highest BCUT2D eigenvalue weighted by atomic mass is 35.5. The zero-order valence-corrected chi connectivity index (χ0v) is 17.8. The molecule has 29 heavy (non-hydrogen) atoms. The van der Waals surface area contributed by atoms with Crippen LogP contribution in [0.2, 0.25) is 4.34 Å². The third-order valence-corrected chi connectivity index (χ3v) is 6.67. The molecule has 0 saturated carbocycles. The number of halogens is 2. The topological polar surface area (TPSA) is 67.2 Å². The zero-order chi connectivity index (χ0) is 20.2. The van der Waals surface area contributed by atoms with Crippen molar-refractivity contribution in [2.24, 2.45) is 0 Å². The quantitative estimate of drug-likeness (QED) is 0.536. The molecule has 1 fully saturated rings. The second-order valence-corrected chi connectivity index (χ2v) is 9.25. The minimum Gasteiger partial charge on any atom is -0.339 e. The summed E-state index contributed by atoms with van der Waals surface area (Å²) in [4.78, 5) is 18.0. The predicted molar refractivity (Wildman–Crippen MR) is 111 cm³/mol. The molecule has 1 saturated heterocycles. The Kier molecular flexibility index (Phi) is 6.43. The van der Waals surface area contributed by atoms with Crippen LogP contribution in [0.1, 0.15) is 4.88 Å². The summed E-state index contributed by atoms with van der Waals surface area (Å²) in [5.41, 5.74) is 0.521. The largest absolute Gasteiger partial charge is 0.339 e. The predicted octanol–water partition coefficient (Wildman–Crippen LogP) is 2.95. The van der Waals surface area contributed by atoms with E-state index in [9.17, 15) is 9.18 Å². The molecule has 1 aliphatic rings. The highest BCUT2D eigenvalue weighted by molar-refractivity contribution is 7.99. The van der Waals surface area contributed by atoms with Crippen molar-refractivity contribution in [2.45, 2.75) is 11.7 Å². The summed E-state index contributed by atoms with van der Waals surface area (Å²) in [5.74, 6) is -0.0914. The van der Waals surface area contributed by atoms with Crippen molar-refractivity contribution in [3.05, 3.63) is 51.4 Å². The van der Waals surface area contributed by atoms with Crippen LogP contribution in [0.4, 0.5) is 4.39 Å². The molecule has 7 nitrogen and oxygen atoms in total. The fourth-order valence-corrected chi connectivity index (χ4v) is 4.99. The Morgan fingerprint density at radius 3 is 2.76 bits per heavy atom. The van der Waals surface area contributed by atoms with E-state index in [0.717, 1.165) is 24.0 Å². The molecule has 0 spiro atoms. The molecule has 1 aromatic carbocycles. The van der Waals surface area contributed by atoms with Gasteiger partial charge in [0.1, 0.15) is 5.82 Å². The summed E-state index contributed by atoms with van der Waals surface area (Å²) in [5, 5.41) is 12.0. The van der Waals surface area contributed by atoms with Gasteiger partial charge in [0.05, 0.1) is 15.8 Å². The standard InChI is InChI=1S/C18H18ClFN6OS2/c19-16-5-4-15(29-16)11-24-6-8-25(9-7-24)17(27)12-28-18-21-22-23-26(18)14-3-1-2-13(20)10-14/h1-5,10H,6-9,11-12H2. The number of aromatic nitrogens is 4. The number of thioether (sulfide) groups is 1. The highest BCUT2D eigenvalue weighted by Gasteiger charge is 2.22. The van der Waals surface area contributed by atoms with Gasteiger partial charge in [-0.15, -0.1) is 16.4 Å². The Bertz CT molecular complexity index is 988. The van der Waals surface area contributed by atoms with Crippen LogP contribution < -0.4 is 0 Å². The van der Waals surface area contributed by atoms with E-state index in [1.807, 2.05) is 17.0 Å². The van der Waals surface area contributed by atoms with Crippen LogP contribution in [0, 0.1) is 5.82 Å². The second kappa shape index (κ2) is 9.21. The van der Waals surface area contributed by atoms with Crippen LogP contribution in [0.15, 0.2) is 41.6 Å². The fourth-order valence-electron chi connectivity index (χ4n) is 3.07. The first kappa shape index (κ1) is 20.3. The molecule has 2 aromatic heterocycles. The van der Waals surface area contributed by atoms with Gasteiger partial charge in [0.15, 0.2) is 0 Å². The number of rotatable bonds is 6. The molecule has 4 rings (SSSR count). The normalized spacial score (nSPS) is 15.0. The third-order valence-electron chi connectivity index (χ3n) is 4.55. The number of benzene rings is 1. The summed E-state index contributed by atoms with van der Waals surface area (Å²) in [6.07, 6.45) is 0. The average Bonchev–Trinajstić information content (AvgIpc) is 3.35. The van der Waals surface area contributed by atoms with Gasteiger partial charge in [0.2, 0.25) is 11.1 Å². The summed E-state index contributed by atoms with van der Waals surface area (Å²) < 4.78 is 15.7. The van der Waals surface area contributed by atoms with E-state index >= 15 is 0 Å². The van der Waals surface area contributed by atoms with Gasteiger partial charge in [-0.05, 0) is 40.8 Å². The first-order valence-electron chi connectivity index (χ1n) is 9.00. The van der Waals surface area contributed by atoms with Crippen molar-refractivity contribution >= 4 is 40.6 Å². The molecule has 11 heteroatoms. The lowest BCUT2D eigenvalue weighted by Gasteiger charge is -2.34. The van der Waals surface area contributed by atoms with Crippen molar-refractivity contribution in [3.63, 3.8) is 0 Å². The molecule has 0 N–H and O–H groups in total. The molecular weight excluding hydrogens is 435 g/mol. The first-order valence-corrected chi connectivity index (χ1v) is 11.2. The number of nitrogens with zero attached hydrogens (tertiary/aromatic N) is 6. The van der Waals surface area contributed by atoms with Crippen molar-refractivity contribution in [1.82, 2.24) is 30.0 Å². The highest BCUT2D eigenvalue weighted by Crippen LogP contribution is 2.23. The lowest BCUT2D eigenvalue weighted by molar-refractivity contribution is -0.130. The van der Waals surface area contributed by atoms with Gasteiger partial charge in [0, 0.05) is 37.6 Å². The van der Waals surface area contributed by atoms with E-state index in [1.54, 1.807) is 23.5 Å². The van der Waals surface area contributed by atoms with Gasteiger partial charge in [-0.2, -0.15) is 4.68 Å². The average molecular weight is 453 g/mol. The van der Waals surface area contributed by atoms with Gasteiger partial charge in [0.25, 0.3) is 0 Å². The minimum absolute atomic E-state index is 0.0441.